The molecule has 0 aliphatic rings. The van der Waals surface area contributed by atoms with Crippen molar-refractivity contribution in [1.29, 1.82) is 0 Å². The third-order valence-corrected chi connectivity index (χ3v) is 3.37. The lowest BCUT2D eigenvalue weighted by molar-refractivity contribution is 0.397. The zero-order valence-corrected chi connectivity index (χ0v) is 9.20. The van der Waals surface area contributed by atoms with Crippen molar-refractivity contribution in [2.45, 2.75) is 0 Å². The molecule has 0 spiro atoms. The van der Waals surface area contributed by atoms with Crippen molar-refractivity contribution < 1.29 is 19.8 Å². The Morgan fingerprint density at radius 3 is 2.38 bits per heavy atom. The van der Waals surface area contributed by atoms with Gasteiger partial charge in [-0.3, -0.25) is 0 Å². The van der Waals surface area contributed by atoms with Crippen LogP contribution in [0.25, 0.3) is 0 Å². The van der Waals surface area contributed by atoms with Crippen LogP contribution in [0.1, 0.15) is 0 Å². The van der Waals surface area contributed by atoms with Crippen LogP contribution in [0.5, 0.6) is 0 Å². The molecule has 0 amide bonds. The van der Waals surface area contributed by atoms with Crippen molar-refractivity contribution >= 4 is 18.2 Å². The van der Waals surface area contributed by atoms with Crippen LogP contribution >= 0.6 is 18.2 Å². The van der Waals surface area contributed by atoms with Gasteiger partial charge in [-0.2, -0.15) is 0 Å². The summed E-state index contributed by atoms with van der Waals surface area (Å²) in [6.45, 7) is -1.56. The van der Waals surface area contributed by atoms with Gasteiger partial charge in [0, 0.05) is 25.4 Å². The van der Waals surface area contributed by atoms with E-state index in [0.717, 1.165) is 13.1 Å². The molecule has 0 aromatic rings. The molecule has 0 aliphatic carbocycles. The lowest BCUT2D eigenvalue weighted by Crippen LogP contribution is -2.26. The van der Waals surface area contributed by atoms with Crippen molar-refractivity contribution in [3.63, 3.8) is 0 Å². The average Bonchev–Trinajstić information content (AvgIpc) is 1.94. The maximum atomic E-state index is 10.3. The summed E-state index contributed by atoms with van der Waals surface area (Å²) in [4.78, 5) is 16.9. The molecule has 0 fully saturated rings. The van der Waals surface area contributed by atoms with E-state index in [4.69, 9.17) is 9.79 Å². The van der Waals surface area contributed by atoms with Crippen molar-refractivity contribution in [2.75, 3.05) is 32.4 Å². The first-order chi connectivity index (χ1) is 5.56. The summed E-state index contributed by atoms with van der Waals surface area (Å²) in [6, 6.07) is 0. The standard InChI is InChI=1S/C5H15N2O3PS.H2O/c1-6-2-3-7-4-5-12-11(8,9)10;/h6-7H,2-5H2,1H3,(H2,8,9,10);1H2. The molecule has 0 saturated heterocycles. The highest BCUT2D eigenvalue weighted by atomic mass is 32.7. The molecule has 0 radical (unpaired) electrons. The predicted octanol–water partition coefficient (Wildman–Crippen LogP) is -1.20. The first-order valence-corrected chi connectivity index (χ1v) is 6.82. The van der Waals surface area contributed by atoms with Crippen LogP contribution in [-0.4, -0.2) is 47.7 Å². The molecule has 0 rings (SSSR count). The van der Waals surface area contributed by atoms with E-state index in [9.17, 15) is 4.57 Å². The van der Waals surface area contributed by atoms with Gasteiger partial charge in [0.15, 0.2) is 0 Å². The van der Waals surface area contributed by atoms with E-state index in [1.54, 1.807) is 0 Å². The topological polar surface area (TPSA) is 113 Å². The zero-order valence-electron chi connectivity index (χ0n) is 7.49. The molecule has 8 heteroatoms. The Hall–Kier alpha value is 0.380. The monoisotopic (exact) mass is 232 g/mol. The highest BCUT2D eigenvalue weighted by Gasteiger charge is 2.11. The van der Waals surface area contributed by atoms with Crippen LogP contribution in [0.3, 0.4) is 0 Å². The number of hydrogen-bond acceptors (Lipinski definition) is 4. The molecule has 82 valence electrons. The summed E-state index contributed by atoms with van der Waals surface area (Å²) in [7, 11) is 1.85. The Kier molecular flexibility index (Phi) is 10.9. The summed E-state index contributed by atoms with van der Waals surface area (Å²) in [6.07, 6.45) is 0. The minimum Gasteiger partial charge on any atom is -0.412 e. The SMILES string of the molecule is CNCCNCCSP(=O)(O)O.O. The molecule has 6 N–H and O–H groups in total. The van der Waals surface area contributed by atoms with Gasteiger partial charge in [-0.1, -0.05) is 0 Å². The van der Waals surface area contributed by atoms with Gasteiger partial charge in [-0.05, 0) is 18.4 Å². The normalized spacial score (nSPS) is 11.0. The van der Waals surface area contributed by atoms with Gasteiger partial charge >= 0.3 is 6.80 Å². The van der Waals surface area contributed by atoms with Crippen LogP contribution in [0, 0.1) is 0 Å². The zero-order chi connectivity index (χ0) is 9.45. The molecule has 0 aliphatic heterocycles. The summed E-state index contributed by atoms with van der Waals surface area (Å²) in [5.41, 5.74) is 0. The largest absolute Gasteiger partial charge is 0.412 e. The number of rotatable bonds is 7. The Morgan fingerprint density at radius 1 is 1.31 bits per heavy atom. The summed E-state index contributed by atoms with van der Waals surface area (Å²) >= 11 is 0.675. The van der Waals surface area contributed by atoms with Gasteiger partial charge in [0.25, 0.3) is 0 Å². The predicted molar refractivity (Wildman–Crippen MR) is 54.9 cm³/mol. The van der Waals surface area contributed by atoms with Gasteiger partial charge < -0.3 is 25.9 Å². The van der Waals surface area contributed by atoms with E-state index in [1.165, 1.54) is 0 Å². The highest BCUT2D eigenvalue weighted by molar-refractivity contribution is 8.54. The second kappa shape index (κ2) is 8.96. The maximum Gasteiger partial charge on any atom is 0.384 e. The molecule has 0 atom stereocenters. The first-order valence-electron chi connectivity index (χ1n) is 3.61. The highest BCUT2D eigenvalue weighted by Crippen LogP contribution is 2.49. The molecule has 0 unspecified atom stereocenters. The van der Waals surface area contributed by atoms with Crippen LogP contribution in [0.2, 0.25) is 0 Å². The van der Waals surface area contributed by atoms with Crippen LogP contribution in [0.4, 0.5) is 0 Å². The lowest BCUT2D eigenvalue weighted by atomic mass is 10.6. The molecule has 0 saturated carbocycles. The molecular formula is C5H17N2O4PS. The third kappa shape index (κ3) is 15.2. The molecule has 0 aromatic carbocycles. The van der Waals surface area contributed by atoms with Crippen LogP contribution < -0.4 is 10.6 Å². The Labute approximate surface area is 81.7 Å². The van der Waals surface area contributed by atoms with E-state index in [0.29, 0.717) is 23.7 Å². The maximum absolute atomic E-state index is 10.3. The second-order valence-electron chi connectivity index (χ2n) is 2.18. The molecular weight excluding hydrogens is 215 g/mol. The van der Waals surface area contributed by atoms with Gasteiger partial charge in [0.05, 0.1) is 0 Å². The fraction of sp³-hybridized carbons (Fsp3) is 1.00. The van der Waals surface area contributed by atoms with Crippen LogP contribution in [0.15, 0.2) is 0 Å². The lowest BCUT2D eigenvalue weighted by Gasteiger charge is -2.04. The van der Waals surface area contributed by atoms with Crippen molar-refractivity contribution in [3.05, 3.63) is 0 Å². The number of nitrogens with one attached hydrogen (secondary N) is 2. The smallest absolute Gasteiger partial charge is 0.384 e. The Bertz CT molecular complexity index is 153. The Morgan fingerprint density at radius 2 is 1.92 bits per heavy atom. The molecule has 6 nitrogen and oxygen atoms in total. The van der Waals surface area contributed by atoms with Crippen LogP contribution in [-0.2, 0) is 4.57 Å². The quantitative estimate of drug-likeness (QED) is 0.324. The number of hydrogen-bond donors (Lipinski definition) is 4. The molecule has 0 bridgehead atoms. The fourth-order valence-corrected chi connectivity index (χ4v) is 2.04. The van der Waals surface area contributed by atoms with Gasteiger partial charge in [-0.15, -0.1) is 0 Å². The van der Waals surface area contributed by atoms with E-state index in [1.807, 2.05) is 7.05 Å². The summed E-state index contributed by atoms with van der Waals surface area (Å²) < 4.78 is 10.3. The molecule has 0 heterocycles. The van der Waals surface area contributed by atoms with E-state index in [-0.39, 0.29) is 5.48 Å². The number of likely N-dealkylation sites (N-methyl/N-ethyl adjacent to an activating group) is 1. The average molecular weight is 232 g/mol. The van der Waals surface area contributed by atoms with Crippen molar-refractivity contribution in [3.8, 4) is 0 Å². The Balaban J connectivity index is 0. The minimum absolute atomic E-state index is 0. The van der Waals surface area contributed by atoms with E-state index in [2.05, 4.69) is 10.6 Å². The summed E-state index contributed by atoms with van der Waals surface area (Å²) in [5.74, 6) is 0.438. The third-order valence-electron chi connectivity index (χ3n) is 1.09. The molecule has 0 aromatic heterocycles. The molecule has 13 heavy (non-hydrogen) atoms. The van der Waals surface area contributed by atoms with E-state index < -0.39 is 6.80 Å². The van der Waals surface area contributed by atoms with E-state index >= 15 is 0 Å². The van der Waals surface area contributed by atoms with Gasteiger partial charge in [0.2, 0.25) is 0 Å². The van der Waals surface area contributed by atoms with Crippen molar-refractivity contribution in [2.24, 2.45) is 0 Å². The first kappa shape index (κ1) is 15.8. The fourth-order valence-electron chi connectivity index (χ4n) is 0.575. The van der Waals surface area contributed by atoms with Crippen molar-refractivity contribution in [1.82, 2.24) is 10.6 Å². The van der Waals surface area contributed by atoms with Gasteiger partial charge in [-0.25, -0.2) is 4.57 Å². The minimum atomic E-state index is -3.86. The van der Waals surface area contributed by atoms with Gasteiger partial charge in [0.1, 0.15) is 0 Å². The summed E-state index contributed by atoms with van der Waals surface area (Å²) in [5, 5.41) is 5.98. The second-order valence-corrected chi connectivity index (χ2v) is 6.03.